The van der Waals surface area contributed by atoms with Gasteiger partial charge in [0, 0.05) is 24.4 Å². The van der Waals surface area contributed by atoms with E-state index in [2.05, 4.69) is 15.5 Å². The number of carboxylic acids is 1. The van der Waals surface area contributed by atoms with Crippen molar-refractivity contribution >= 4 is 36.7 Å². The van der Waals surface area contributed by atoms with E-state index in [1.807, 2.05) is 0 Å². The second-order valence-corrected chi connectivity index (χ2v) is 8.45. The summed E-state index contributed by atoms with van der Waals surface area (Å²) in [5.74, 6) is 0.255. The number of nitrogens with one attached hydrogen (secondary N) is 2. The molecule has 3 aliphatic rings. The molecule has 0 radical (unpaired) electrons. The summed E-state index contributed by atoms with van der Waals surface area (Å²) in [5, 5.41) is 15.5. The van der Waals surface area contributed by atoms with Crippen LogP contribution < -0.4 is 10.6 Å². The minimum Gasteiger partial charge on any atom is -0.481 e. The molecule has 3 rings (SSSR count). The Labute approximate surface area is 181 Å². The molecule has 0 unspecified atom stereocenters. The fourth-order valence-electron chi connectivity index (χ4n) is 4.94. The molecule has 0 atom stereocenters. The van der Waals surface area contributed by atoms with Gasteiger partial charge in [-0.1, -0.05) is 0 Å². The number of nitrogens with zero attached hydrogens (tertiary/aromatic N) is 1. The van der Waals surface area contributed by atoms with Crippen molar-refractivity contribution in [1.29, 1.82) is 0 Å². The molecule has 6 nitrogen and oxygen atoms in total. The Morgan fingerprint density at radius 2 is 1.54 bits per heavy atom. The zero-order valence-corrected chi connectivity index (χ0v) is 18.4. The Morgan fingerprint density at radius 1 is 0.929 bits per heavy atom. The van der Waals surface area contributed by atoms with E-state index in [9.17, 15) is 9.59 Å². The monoisotopic (exact) mass is 437 g/mol. The predicted octanol–water partition coefficient (Wildman–Crippen LogP) is 2.83. The molecule has 2 saturated heterocycles. The number of carbonyl (C=O) groups excluding carboxylic acids is 1. The van der Waals surface area contributed by atoms with Gasteiger partial charge < -0.3 is 20.6 Å². The summed E-state index contributed by atoms with van der Waals surface area (Å²) >= 11 is 0. The summed E-state index contributed by atoms with van der Waals surface area (Å²) in [6, 6.07) is 1.01. The van der Waals surface area contributed by atoms with Crippen LogP contribution in [-0.2, 0) is 9.59 Å². The smallest absolute Gasteiger partial charge is 0.303 e. The number of amides is 1. The average Bonchev–Trinajstić information content (AvgIpc) is 2.68. The Balaban J connectivity index is 0.00000196. The minimum absolute atomic E-state index is 0. The number of carboxylic acid groups (broad SMARTS) is 1. The number of carbonyl (C=O) groups is 2. The van der Waals surface area contributed by atoms with Crippen LogP contribution in [0.15, 0.2) is 0 Å². The fourth-order valence-corrected chi connectivity index (χ4v) is 4.94. The first-order valence-electron chi connectivity index (χ1n) is 10.6. The molecule has 0 aromatic carbocycles. The number of likely N-dealkylation sites (tertiary alicyclic amines) is 1. The summed E-state index contributed by atoms with van der Waals surface area (Å²) < 4.78 is 0. The van der Waals surface area contributed by atoms with Crippen molar-refractivity contribution in [2.45, 2.75) is 76.3 Å². The summed E-state index contributed by atoms with van der Waals surface area (Å²) in [5.41, 5.74) is 0. The van der Waals surface area contributed by atoms with Crippen molar-refractivity contribution in [2.75, 3.05) is 26.2 Å². The van der Waals surface area contributed by atoms with Crippen LogP contribution in [0.2, 0.25) is 0 Å². The lowest BCUT2D eigenvalue weighted by Gasteiger charge is -2.39. The molecule has 0 aromatic rings. The maximum absolute atomic E-state index is 12.6. The molecule has 1 saturated carbocycles. The highest BCUT2D eigenvalue weighted by Crippen LogP contribution is 2.29. The molecule has 0 aromatic heterocycles. The van der Waals surface area contributed by atoms with Gasteiger partial charge in [0.25, 0.3) is 0 Å². The van der Waals surface area contributed by atoms with Gasteiger partial charge in [0.2, 0.25) is 5.91 Å². The molecule has 8 heteroatoms. The van der Waals surface area contributed by atoms with Crippen LogP contribution in [0.25, 0.3) is 0 Å². The Morgan fingerprint density at radius 3 is 2.11 bits per heavy atom. The first-order valence-corrected chi connectivity index (χ1v) is 10.6. The van der Waals surface area contributed by atoms with Gasteiger partial charge in [-0.05, 0) is 89.9 Å². The van der Waals surface area contributed by atoms with Crippen LogP contribution in [0.3, 0.4) is 0 Å². The largest absolute Gasteiger partial charge is 0.481 e. The van der Waals surface area contributed by atoms with Crippen LogP contribution in [0.5, 0.6) is 0 Å². The lowest BCUT2D eigenvalue weighted by molar-refractivity contribution is -0.137. The molecule has 0 bridgehead atoms. The van der Waals surface area contributed by atoms with Crippen molar-refractivity contribution in [3.05, 3.63) is 0 Å². The van der Waals surface area contributed by atoms with Crippen LogP contribution in [-0.4, -0.2) is 60.1 Å². The van der Waals surface area contributed by atoms with Gasteiger partial charge in [0.05, 0.1) is 0 Å². The van der Waals surface area contributed by atoms with Gasteiger partial charge in [-0.25, -0.2) is 0 Å². The van der Waals surface area contributed by atoms with E-state index in [4.69, 9.17) is 5.11 Å². The van der Waals surface area contributed by atoms with Crippen molar-refractivity contribution < 1.29 is 14.7 Å². The number of halogens is 2. The van der Waals surface area contributed by atoms with Crippen molar-refractivity contribution in [2.24, 2.45) is 11.8 Å². The number of piperidine rings is 2. The van der Waals surface area contributed by atoms with Crippen LogP contribution in [0, 0.1) is 11.8 Å². The topological polar surface area (TPSA) is 81.7 Å². The van der Waals surface area contributed by atoms with Gasteiger partial charge in [-0.2, -0.15) is 0 Å². The highest BCUT2D eigenvalue weighted by molar-refractivity contribution is 5.85. The standard InChI is InChI=1S/C20H35N3O3.2ClH/c24-19(25)6-3-15-1-4-17(5-2-15)22-20(26)16-9-13-23(14-10-16)18-7-11-21-12-8-18;;/h15-18,21H,1-14H2,(H,22,26)(H,24,25);2*1H. The first-order chi connectivity index (χ1) is 12.6. The van der Waals surface area contributed by atoms with E-state index in [-0.39, 0.29) is 43.1 Å². The Kier molecular flexibility index (Phi) is 11.7. The Bertz CT molecular complexity index is 473. The van der Waals surface area contributed by atoms with E-state index < -0.39 is 5.97 Å². The molecular formula is C20H37Cl2N3O3. The Hall–Kier alpha value is -0.560. The predicted molar refractivity (Wildman–Crippen MR) is 115 cm³/mol. The molecule has 2 aliphatic heterocycles. The van der Waals surface area contributed by atoms with Crippen molar-refractivity contribution in [3.8, 4) is 0 Å². The van der Waals surface area contributed by atoms with E-state index in [1.54, 1.807) is 0 Å². The van der Waals surface area contributed by atoms with Crippen LogP contribution in [0.4, 0.5) is 0 Å². The van der Waals surface area contributed by atoms with Crippen molar-refractivity contribution in [3.63, 3.8) is 0 Å². The van der Waals surface area contributed by atoms with Crippen molar-refractivity contribution in [1.82, 2.24) is 15.5 Å². The summed E-state index contributed by atoms with van der Waals surface area (Å²) in [7, 11) is 0. The third kappa shape index (κ3) is 7.69. The van der Waals surface area contributed by atoms with Gasteiger partial charge in [0.1, 0.15) is 0 Å². The summed E-state index contributed by atoms with van der Waals surface area (Å²) in [6.07, 6.45) is 9.62. The number of hydrogen-bond acceptors (Lipinski definition) is 4. The highest BCUT2D eigenvalue weighted by atomic mass is 35.5. The number of rotatable bonds is 6. The molecule has 3 fully saturated rings. The van der Waals surface area contributed by atoms with Gasteiger partial charge >= 0.3 is 5.97 Å². The third-order valence-corrected chi connectivity index (χ3v) is 6.69. The molecule has 2 heterocycles. The van der Waals surface area contributed by atoms with E-state index >= 15 is 0 Å². The molecule has 1 amide bonds. The second-order valence-electron chi connectivity index (χ2n) is 8.45. The normalized spacial score (nSPS) is 27.3. The lowest BCUT2D eigenvalue weighted by atomic mass is 9.83. The quantitative estimate of drug-likeness (QED) is 0.594. The average molecular weight is 438 g/mol. The first kappa shape index (κ1) is 25.5. The van der Waals surface area contributed by atoms with Gasteiger partial charge in [-0.3, -0.25) is 9.59 Å². The second kappa shape index (κ2) is 12.9. The minimum atomic E-state index is -0.698. The van der Waals surface area contributed by atoms with E-state index in [1.165, 1.54) is 12.8 Å². The fraction of sp³-hybridized carbons (Fsp3) is 0.900. The van der Waals surface area contributed by atoms with Crippen LogP contribution in [0.1, 0.15) is 64.2 Å². The molecule has 3 N–H and O–H groups in total. The van der Waals surface area contributed by atoms with E-state index in [0.29, 0.717) is 18.0 Å². The number of hydrogen-bond donors (Lipinski definition) is 3. The maximum Gasteiger partial charge on any atom is 0.303 e. The summed E-state index contributed by atoms with van der Waals surface area (Å²) in [4.78, 5) is 25.9. The SMILES string of the molecule is Cl.Cl.O=C(O)CCC1CCC(NC(=O)C2CCN(C3CCNCC3)CC2)CC1. The van der Waals surface area contributed by atoms with Crippen LogP contribution >= 0.6 is 24.8 Å². The molecule has 28 heavy (non-hydrogen) atoms. The lowest BCUT2D eigenvalue weighted by Crippen LogP contribution is -2.49. The number of aliphatic carboxylic acids is 1. The molecule has 0 spiro atoms. The zero-order chi connectivity index (χ0) is 18.4. The third-order valence-electron chi connectivity index (χ3n) is 6.69. The highest BCUT2D eigenvalue weighted by Gasteiger charge is 2.31. The summed E-state index contributed by atoms with van der Waals surface area (Å²) in [6.45, 7) is 4.37. The molecule has 1 aliphatic carbocycles. The van der Waals surface area contributed by atoms with E-state index in [0.717, 1.165) is 71.1 Å². The van der Waals surface area contributed by atoms with Gasteiger partial charge in [-0.15, -0.1) is 24.8 Å². The maximum atomic E-state index is 12.6. The molecule has 164 valence electrons. The van der Waals surface area contributed by atoms with Gasteiger partial charge in [0.15, 0.2) is 0 Å². The zero-order valence-electron chi connectivity index (χ0n) is 16.7. The molecular weight excluding hydrogens is 401 g/mol.